The molecule has 33 heavy (non-hydrogen) atoms. The van der Waals surface area contributed by atoms with Crippen LogP contribution in [0.4, 0.5) is 4.79 Å². The first-order chi connectivity index (χ1) is 16.0. The monoisotopic (exact) mass is 482 g/mol. The number of benzene rings is 1. The summed E-state index contributed by atoms with van der Waals surface area (Å²) in [7, 11) is 0. The van der Waals surface area contributed by atoms with E-state index in [0.29, 0.717) is 19.5 Å². The minimum atomic E-state index is -0.927. The lowest BCUT2D eigenvalue weighted by atomic mass is 9.97. The highest BCUT2D eigenvalue weighted by Gasteiger charge is 2.45. The molecule has 4 heterocycles. The van der Waals surface area contributed by atoms with Crippen LogP contribution >= 0.6 is 22.7 Å². The minimum absolute atomic E-state index is 0.127. The van der Waals surface area contributed by atoms with E-state index in [2.05, 4.69) is 6.07 Å². The first kappa shape index (κ1) is 21.7. The molecule has 0 atom stereocenters. The number of aromatic nitrogens is 1. The summed E-state index contributed by atoms with van der Waals surface area (Å²) in [4.78, 5) is 59.3. The molecule has 2 aliphatic heterocycles. The average molecular weight is 483 g/mol. The summed E-state index contributed by atoms with van der Waals surface area (Å²) in [5.74, 6) is -1.81. The number of piperidine rings is 1. The molecule has 3 aromatic rings. The zero-order valence-electron chi connectivity index (χ0n) is 17.8. The van der Waals surface area contributed by atoms with Gasteiger partial charge in [-0.2, -0.15) is 0 Å². The van der Waals surface area contributed by atoms with E-state index >= 15 is 0 Å². The Morgan fingerprint density at radius 2 is 1.76 bits per heavy atom. The Morgan fingerprint density at radius 1 is 1.00 bits per heavy atom. The SMILES string of the molecule is O=C(CN1C(=O)C(=O)N(CCc2cccs2)C1=O)N1CCC(c2nc3ccccc3s2)CC1. The maximum atomic E-state index is 12.8. The maximum absolute atomic E-state index is 12.8. The lowest BCUT2D eigenvalue weighted by Gasteiger charge is -2.31. The number of fused-ring (bicyclic) bond motifs is 1. The van der Waals surface area contributed by atoms with Gasteiger partial charge in [-0.3, -0.25) is 19.3 Å². The van der Waals surface area contributed by atoms with Crippen LogP contribution in [0.25, 0.3) is 10.2 Å². The van der Waals surface area contributed by atoms with E-state index in [1.165, 1.54) is 11.3 Å². The fraction of sp³-hybridized carbons (Fsp3) is 0.348. The second-order valence-corrected chi connectivity index (χ2v) is 10.2. The molecule has 0 N–H and O–H groups in total. The summed E-state index contributed by atoms with van der Waals surface area (Å²) >= 11 is 3.22. The summed E-state index contributed by atoms with van der Waals surface area (Å²) in [5.41, 5.74) is 0.996. The Balaban J connectivity index is 1.17. The number of likely N-dealkylation sites (tertiary alicyclic amines) is 1. The zero-order chi connectivity index (χ0) is 22.9. The van der Waals surface area contributed by atoms with Crippen LogP contribution in [0.2, 0.25) is 0 Å². The lowest BCUT2D eigenvalue weighted by Crippen LogP contribution is -2.46. The molecule has 0 unspecified atom stereocenters. The molecule has 2 aliphatic rings. The Labute approximate surface area is 198 Å². The van der Waals surface area contributed by atoms with E-state index in [4.69, 9.17) is 4.98 Å². The fourth-order valence-electron chi connectivity index (χ4n) is 4.24. The van der Waals surface area contributed by atoms with Crippen LogP contribution in [0.15, 0.2) is 41.8 Å². The molecule has 0 radical (unpaired) electrons. The third kappa shape index (κ3) is 4.28. The first-order valence-corrected chi connectivity index (χ1v) is 12.5. The molecule has 0 aliphatic carbocycles. The predicted octanol–water partition coefficient (Wildman–Crippen LogP) is 3.10. The van der Waals surface area contributed by atoms with Gasteiger partial charge < -0.3 is 4.90 Å². The van der Waals surface area contributed by atoms with Gasteiger partial charge >= 0.3 is 17.8 Å². The number of rotatable bonds is 6. The number of hydrogen-bond donors (Lipinski definition) is 0. The number of imide groups is 2. The van der Waals surface area contributed by atoms with Gasteiger partial charge in [0.05, 0.1) is 15.2 Å². The highest BCUT2D eigenvalue weighted by atomic mass is 32.1. The van der Waals surface area contributed by atoms with Crippen LogP contribution in [0, 0.1) is 0 Å². The Kier molecular flexibility index (Phi) is 5.94. The first-order valence-electron chi connectivity index (χ1n) is 10.8. The van der Waals surface area contributed by atoms with Crippen molar-refractivity contribution in [1.82, 2.24) is 19.7 Å². The second-order valence-electron chi connectivity index (χ2n) is 8.13. The van der Waals surface area contributed by atoms with Crippen LogP contribution in [0.3, 0.4) is 0 Å². The van der Waals surface area contributed by atoms with Crippen molar-refractivity contribution in [3.63, 3.8) is 0 Å². The summed E-state index contributed by atoms with van der Waals surface area (Å²) in [6.45, 7) is 0.796. The molecule has 0 bridgehead atoms. The fourth-order valence-corrected chi connectivity index (χ4v) is 6.07. The van der Waals surface area contributed by atoms with Crippen molar-refractivity contribution < 1.29 is 19.2 Å². The van der Waals surface area contributed by atoms with E-state index in [-0.39, 0.29) is 18.4 Å². The summed E-state index contributed by atoms with van der Waals surface area (Å²) in [5, 5.41) is 3.00. The number of para-hydroxylation sites is 1. The average Bonchev–Trinajstić information content (AvgIpc) is 3.55. The highest BCUT2D eigenvalue weighted by Crippen LogP contribution is 2.33. The van der Waals surface area contributed by atoms with Gasteiger partial charge in [0.1, 0.15) is 6.54 Å². The molecule has 5 amide bonds. The third-order valence-corrected chi connectivity index (χ3v) is 8.23. The molecule has 170 valence electrons. The molecule has 2 aromatic heterocycles. The normalized spacial score (nSPS) is 17.6. The molecule has 2 fully saturated rings. The number of thiazole rings is 1. The molecular formula is C23H22N4O4S2. The molecular weight excluding hydrogens is 460 g/mol. The van der Waals surface area contributed by atoms with Crippen molar-refractivity contribution in [3.05, 3.63) is 51.7 Å². The zero-order valence-corrected chi connectivity index (χ0v) is 19.4. The Hall–Kier alpha value is -3.11. The Morgan fingerprint density at radius 3 is 2.48 bits per heavy atom. The van der Waals surface area contributed by atoms with Crippen LogP contribution in [-0.2, 0) is 20.8 Å². The van der Waals surface area contributed by atoms with Gasteiger partial charge in [-0.15, -0.1) is 22.7 Å². The molecule has 0 saturated carbocycles. The van der Waals surface area contributed by atoms with Crippen LogP contribution < -0.4 is 0 Å². The summed E-state index contributed by atoms with van der Waals surface area (Å²) in [6, 6.07) is 11.1. The predicted molar refractivity (Wildman–Crippen MR) is 125 cm³/mol. The number of carbonyl (C=O) groups excluding carboxylic acids is 4. The molecule has 10 heteroatoms. The summed E-state index contributed by atoms with van der Waals surface area (Å²) < 4.78 is 1.16. The largest absolute Gasteiger partial charge is 0.341 e. The van der Waals surface area contributed by atoms with Gasteiger partial charge in [-0.25, -0.2) is 14.7 Å². The van der Waals surface area contributed by atoms with Gasteiger partial charge in [-0.1, -0.05) is 18.2 Å². The van der Waals surface area contributed by atoms with Crippen LogP contribution in [0.5, 0.6) is 0 Å². The third-order valence-electron chi connectivity index (χ3n) is 6.10. The number of nitrogens with zero attached hydrogens (tertiary/aromatic N) is 4. The van der Waals surface area contributed by atoms with E-state index in [0.717, 1.165) is 42.7 Å². The Bertz CT molecular complexity index is 1180. The van der Waals surface area contributed by atoms with Crippen LogP contribution in [0.1, 0.15) is 28.6 Å². The van der Waals surface area contributed by atoms with Crippen molar-refractivity contribution >= 4 is 56.6 Å². The van der Waals surface area contributed by atoms with Gasteiger partial charge in [0.2, 0.25) is 5.91 Å². The van der Waals surface area contributed by atoms with E-state index in [1.807, 2.05) is 35.7 Å². The molecule has 8 nitrogen and oxygen atoms in total. The lowest BCUT2D eigenvalue weighted by molar-refractivity contribution is -0.145. The van der Waals surface area contributed by atoms with Gasteiger partial charge in [0, 0.05) is 36.9 Å². The van der Waals surface area contributed by atoms with Gasteiger partial charge in [-0.05, 0) is 36.4 Å². The molecule has 1 aromatic carbocycles. The highest BCUT2D eigenvalue weighted by molar-refractivity contribution is 7.18. The van der Waals surface area contributed by atoms with Crippen molar-refractivity contribution in [2.75, 3.05) is 26.2 Å². The molecule has 0 spiro atoms. The minimum Gasteiger partial charge on any atom is -0.341 e. The van der Waals surface area contributed by atoms with Crippen molar-refractivity contribution in [2.24, 2.45) is 0 Å². The van der Waals surface area contributed by atoms with E-state index < -0.39 is 24.4 Å². The smallest absolute Gasteiger partial charge is 0.334 e. The molecule has 2 saturated heterocycles. The number of urea groups is 1. The number of hydrogen-bond acceptors (Lipinski definition) is 7. The van der Waals surface area contributed by atoms with Gasteiger partial charge in [0.15, 0.2) is 0 Å². The standard InChI is InChI=1S/C23H22N4O4S2/c28-19(14-27-22(30)21(29)26(23(27)31)12-9-16-4-3-13-32-16)25-10-7-15(8-11-25)20-24-17-5-1-2-6-18(17)33-20/h1-6,13,15H,7-12,14H2. The van der Waals surface area contributed by atoms with E-state index in [1.54, 1.807) is 16.2 Å². The molecule has 5 rings (SSSR count). The second kappa shape index (κ2) is 9.03. The topological polar surface area (TPSA) is 90.9 Å². The maximum Gasteiger partial charge on any atom is 0.334 e. The van der Waals surface area contributed by atoms with Crippen LogP contribution in [-0.4, -0.2) is 69.6 Å². The number of amides is 5. The summed E-state index contributed by atoms with van der Waals surface area (Å²) in [6.07, 6.45) is 2.04. The number of thiophene rings is 1. The van der Waals surface area contributed by atoms with E-state index in [9.17, 15) is 19.2 Å². The quantitative estimate of drug-likeness (QED) is 0.398. The number of carbonyl (C=O) groups is 4. The van der Waals surface area contributed by atoms with Crippen molar-refractivity contribution in [2.45, 2.75) is 25.2 Å². The van der Waals surface area contributed by atoms with Crippen molar-refractivity contribution in [3.8, 4) is 0 Å². The van der Waals surface area contributed by atoms with Gasteiger partial charge in [0.25, 0.3) is 0 Å². The van der Waals surface area contributed by atoms with Crippen molar-refractivity contribution in [1.29, 1.82) is 0 Å².